The molecule has 0 aliphatic rings. The first-order valence-corrected chi connectivity index (χ1v) is 7.14. The van der Waals surface area contributed by atoms with E-state index in [2.05, 4.69) is 10.6 Å². The van der Waals surface area contributed by atoms with Gasteiger partial charge in [0.05, 0.1) is 0 Å². The van der Waals surface area contributed by atoms with Gasteiger partial charge in [-0.15, -0.1) is 0 Å². The van der Waals surface area contributed by atoms with Crippen LogP contribution >= 0.6 is 0 Å². The predicted molar refractivity (Wildman–Crippen MR) is 76.2 cm³/mol. The van der Waals surface area contributed by atoms with Crippen LogP contribution in [0.5, 0.6) is 0 Å². The summed E-state index contributed by atoms with van der Waals surface area (Å²) < 4.78 is 0. The van der Waals surface area contributed by atoms with E-state index in [0.717, 1.165) is 19.3 Å². The molecule has 0 aliphatic heterocycles. The molecule has 0 heterocycles. The quantitative estimate of drug-likeness (QED) is 0.499. The average molecular weight is 286 g/mol. The first kappa shape index (κ1) is 18.4. The van der Waals surface area contributed by atoms with E-state index in [1.807, 2.05) is 6.92 Å². The van der Waals surface area contributed by atoms with Crippen LogP contribution in [0.3, 0.4) is 0 Å². The molecule has 0 bridgehead atoms. The van der Waals surface area contributed by atoms with Gasteiger partial charge in [-0.05, 0) is 25.2 Å². The number of rotatable bonds is 11. The van der Waals surface area contributed by atoms with Crippen molar-refractivity contribution in [3.05, 3.63) is 0 Å². The third kappa shape index (κ3) is 12.9. The molecule has 1 atom stereocenters. The summed E-state index contributed by atoms with van der Waals surface area (Å²) in [4.78, 5) is 32.5. The van der Waals surface area contributed by atoms with Crippen LogP contribution in [0.4, 0.5) is 0 Å². The van der Waals surface area contributed by atoms with Crippen molar-refractivity contribution in [2.45, 2.75) is 52.4 Å². The van der Waals surface area contributed by atoms with Crippen molar-refractivity contribution < 1.29 is 19.5 Å². The van der Waals surface area contributed by atoms with Crippen LogP contribution in [-0.4, -0.2) is 36.0 Å². The molecule has 3 N–H and O–H groups in total. The summed E-state index contributed by atoms with van der Waals surface area (Å²) in [6, 6.07) is 0. The summed E-state index contributed by atoms with van der Waals surface area (Å²) in [5.74, 6) is -0.651. The van der Waals surface area contributed by atoms with Crippen molar-refractivity contribution in [3.63, 3.8) is 0 Å². The van der Waals surface area contributed by atoms with Gasteiger partial charge in [-0.25, -0.2) is 0 Å². The summed E-state index contributed by atoms with van der Waals surface area (Å²) >= 11 is 0. The van der Waals surface area contributed by atoms with Gasteiger partial charge in [-0.3, -0.25) is 14.4 Å². The topological polar surface area (TPSA) is 95.5 Å². The molecule has 2 amide bonds. The first-order valence-electron chi connectivity index (χ1n) is 7.14. The van der Waals surface area contributed by atoms with Gasteiger partial charge < -0.3 is 15.7 Å². The number of hydrogen-bond donors (Lipinski definition) is 3. The molecule has 0 saturated heterocycles. The van der Waals surface area contributed by atoms with Crippen LogP contribution in [0.2, 0.25) is 0 Å². The van der Waals surface area contributed by atoms with E-state index in [9.17, 15) is 14.4 Å². The normalized spacial score (nSPS) is 11.7. The molecular formula is C14H26N2O4. The van der Waals surface area contributed by atoms with E-state index in [1.54, 1.807) is 0 Å². The zero-order valence-electron chi connectivity index (χ0n) is 12.4. The van der Waals surface area contributed by atoms with E-state index >= 15 is 0 Å². The summed E-state index contributed by atoms with van der Waals surface area (Å²) in [6.45, 7) is 4.59. The van der Waals surface area contributed by atoms with Gasteiger partial charge in [0.2, 0.25) is 11.8 Å². The van der Waals surface area contributed by atoms with E-state index in [1.165, 1.54) is 6.92 Å². The highest BCUT2D eigenvalue weighted by atomic mass is 16.4. The lowest BCUT2D eigenvalue weighted by Gasteiger charge is -2.11. The van der Waals surface area contributed by atoms with E-state index in [-0.39, 0.29) is 24.2 Å². The Bertz CT molecular complexity index is 318. The fourth-order valence-corrected chi connectivity index (χ4v) is 1.70. The highest BCUT2D eigenvalue weighted by molar-refractivity contribution is 5.75. The maximum Gasteiger partial charge on any atom is 0.303 e. The fourth-order valence-electron chi connectivity index (χ4n) is 1.70. The van der Waals surface area contributed by atoms with Gasteiger partial charge in [0.25, 0.3) is 0 Å². The molecular weight excluding hydrogens is 260 g/mol. The molecule has 0 spiro atoms. The average Bonchev–Trinajstić information content (AvgIpc) is 2.37. The molecule has 6 heteroatoms. The molecule has 1 unspecified atom stereocenters. The van der Waals surface area contributed by atoms with E-state index in [4.69, 9.17) is 5.11 Å². The minimum Gasteiger partial charge on any atom is -0.481 e. The number of aliphatic carboxylic acids is 1. The number of hydrogen-bond acceptors (Lipinski definition) is 3. The molecule has 20 heavy (non-hydrogen) atoms. The molecule has 0 fully saturated rings. The number of carboxylic acid groups (broad SMARTS) is 1. The third-order valence-electron chi connectivity index (χ3n) is 2.95. The van der Waals surface area contributed by atoms with Gasteiger partial charge in [-0.2, -0.15) is 0 Å². The Labute approximate surface area is 120 Å². The summed E-state index contributed by atoms with van der Waals surface area (Å²) in [5, 5.41) is 14.1. The van der Waals surface area contributed by atoms with Gasteiger partial charge in [0.15, 0.2) is 0 Å². The Hall–Kier alpha value is -1.59. The first-order chi connectivity index (χ1) is 9.41. The summed E-state index contributed by atoms with van der Waals surface area (Å²) in [6.07, 6.45) is 3.78. The van der Waals surface area contributed by atoms with Crippen molar-refractivity contribution >= 4 is 17.8 Å². The number of unbranched alkanes of at least 4 members (excludes halogenated alkanes) is 2. The molecule has 6 nitrogen and oxygen atoms in total. The van der Waals surface area contributed by atoms with Gasteiger partial charge in [0.1, 0.15) is 0 Å². The van der Waals surface area contributed by atoms with Crippen LogP contribution < -0.4 is 10.6 Å². The Kier molecular flexibility index (Phi) is 10.4. The molecule has 0 rings (SSSR count). The SMILES string of the molecule is CC(=O)NCCCCCC(=O)NCC(C)CCC(=O)O. The Balaban J connectivity index is 3.45. The smallest absolute Gasteiger partial charge is 0.303 e. The van der Waals surface area contributed by atoms with Crippen LogP contribution in [0.15, 0.2) is 0 Å². The molecule has 0 aromatic heterocycles. The molecule has 0 radical (unpaired) electrons. The lowest BCUT2D eigenvalue weighted by molar-refractivity contribution is -0.137. The van der Waals surface area contributed by atoms with Crippen LogP contribution in [0.1, 0.15) is 52.4 Å². The van der Waals surface area contributed by atoms with Crippen molar-refractivity contribution in [1.29, 1.82) is 0 Å². The Morgan fingerprint density at radius 2 is 1.75 bits per heavy atom. The summed E-state index contributed by atoms with van der Waals surface area (Å²) in [5.41, 5.74) is 0. The summed E-state index contributed by atoms with van der Waals surface area (Å²) in [7, 11) is 0. The molecule has 0 aromatic carbocycles. The number of carbonyl (C=O) groups is 3. The Morgan fingerprint density at radius 3 is 2.35 bits per heavy atom. The van der Waals surface area contributed by atoms with Crippen molar-refractivity contribution in [1.82, 2.24) is 10.6 Å². The highest BCUT2D eigenvalue weighted by Crippen LogP contribution is 2.04. The van der Waals surface area contributed by atoms with E-state index in [0.29, 0.717) is 25.9 Å². The number of nitrogens with one attached hydrogen (secondary N) is 2. The number of carbonyl (C=O) groups excluding carboxylic acids is 2. The second-order valence-corrected chi connectivity index (χ2v) is 5.14. The maximum absolute atomic E-state index is 11.5. The van der Waals surface area contributed by atoms with E-state index < -0.39 is 5.97 Å². The highest BCUT2D eigenvalue weighted by Gasteiger charge is 2.07. The van der Waals surface area contributed by atoms with Crippen molar-refractivity contribution in [2.24, 2.45) is 5.92 Å². The minimum absolute atomic E-state index is 0.00621. The lowest BCUT2D eigenvalue weighted by Crippen LogP contribution is -2.28. The fraction of sp³-hybridized carbons (Fsp3) is 0.786. The van der Waals surface area contributed by atoms with Crippen LogP contribution in [-0.2, 0) is 14.4 Å². The monoisotopic (exact) mass is 286 g/mol. The van der Waals surface area contributed by atoms with Crippen LogP contribution in [0.25, 0.3) is 0 Å². The second kappa shape index (κ2) is 11.3. The van der Waals surface area contributed by atoms with Crippen molar-refractivity contribution in [3.8, 4) is 0 Å². The van der Waals surface area contributed by atoms with Gasteiger partial charge in [0, 0.05) is 32.9 Å². The zero-order valence-corrected chi connectivity index (χ0v) is 12.4. The number of amides is 2. The predicted octanol–water partition coefficient (Wildman–Crippen LogP) is 1.30. The third-order valence-corrected chi connectivity index (χ3v) is 2.95. The number of carboxylic acids is 1. The Morgan fingerprint density at radius 1 is 1.05 bits per heavy atom. The van der Waals surface area contributed by atoms with Gasteiger partial charge in [-0.1, -0.05) is 13.3 Å². The molecule has 0 saturated carbocycles. The molecule has 116 valence electrons. The standard InChI is InChI=1S/C14H26N2O4/c1-11(7-8-14(19)20)10-16-13(18)6-4-3-5-9-15-12(2)17/h11H,3-10H2,1-2H3,(H,15,17)(H,16,18)(H,19,20). The van der Waals surface area contributed by atoms with Crippen molar-refractivity contribution in [2.75, 3.05) is 13.1 Å². The largest absolute Gasteiger partial charge is 0.481 e. The second-order valence-electron chi connectivity index (χ2n) is 5.14. The lowest BCUT2D eigenvalue weighted by atomic mass is 10.1. The molecule has 0 aliphatic carbocycles. The maximum atomic E-state index is 11.5. The van der Waals surface area contributed by atoms with Gasteiger partial charge >= 0.3 is 5.97 Å². The van der Waals surface area contributed by atoms with Crippen LogP contribution in [0, 0.1) is 5.92 Å². The zero-order chi connectivity index (χ0) is 15.4. The minimum atomic E-state index is -0.803. The molecule has 0 aromatic rings.